The number of halogens is 4. The zero-order valence-corrected chi connectivity index (χ0v) is 9.40. The van der Waals surface area contributed by atoms with Crippen LogP contribution in [-0.2, 0) is 4.83 Å². The third-order valence-electron chi connectivity index (χ3n) is 1.44. The molecular weight excluding hydrogens is 310 g/mol. The highest BCUT2D eigenvalue weighted by atomic mass is 79.9. The lowest BCUT2D eigenvalue weighted by molar-refractivity contribution is 0.103. The molecule has 13 heavy (non-hydrogen) atoms. The Morgan fingerprint density at radius 3 is 2.23 bits per heavy atom. The Kier molecular flexibility index (Phi) is 3.18. The molecule has 0 N–H and O–H groups in total. The molecular formula is C8H4Br2F2O. The summed E-state index contributed by atoms with van der Waals surface area (Å²) in [7, 11) is 0. The van der Waals surface area contributed by atoms with Crippen molar-refractivity contribution in [3.05, 3.63) is 35.4 Å². The molecule has 0 saturated carbocycles. The lowest BCUT2D eigenvalue weighted by Crippen LogP contribution is -2.08. The van der Waals surface area contributed by atoms with Gasteiger partial charge in [-0.25, -0.2) is 0 Å². The van der Waals surface area contributed by atoms with E-state index in [9.17, 15) is 13.6 Å². The van der Waals surface area contributed by atoms with E-state index in [4.69, 9.17) is 0 Å². The van der Waals surface area contributed by atoms with Crippen LogP contribution >= 0.6 is 31.9 Å². The summed E-state index contributed by atoms with van der Waals surface area (Å²) in [5.41, 5.74) is -0.374. The second kappa shape index (κ2) is 3.84. The zero-order valence-electron chi connectivity index (χ0n) is 6.23. The number of alkyl halides is 3. The second-order valence-corrected chi connectivity index (χ2v) is 4.03. The normalized spacial score (nSPS) is 11.4. The highest BCUT2D eigenvalue weighted by Gasteiger charge is 2.30. The van der Waals surface area contributed by atoms with Crippen LogP contribution in [0.4, 0.5) is 8.78 Å². The van der Waals surface area contributed by atoms with Gasteiger partial charge in [0.2, 0.25) is 4.69 Å². The summed E-state index contributed by atoms with van der Waals surface area (Å²) >= 11 is 4.83. The Morgan fingerprint density at radius 1 is 1.31 bits per heavy atom. The SMILES string of the molecule is O=C(Br)c1ccccc1C(F)(F)Br. The van der Waals surface area contributed by atoms with Gasteiger partial charge in [0, 0.05) is 11.1 Å². The Labute approximate surface area is 90.4 Å². The molecule has 1 aromatic carbocycles. The van der Waals surface area contributed by atoms with Gasteiger partial charge in [-0.1, -0.05) is 18.2 Å². The van der Waals surface area contributed by atoms with Crippen molar-refractivity contribution in [3.63, 3.8) is 0 Å². The van der Waals surface area contributed by atoms with Crippen LogP contribution in [-0.4, -0.2) is 4.69 Å². The highest BCUT2D eigenvalue weighted by Crippen LogP contribution is 2.36. The molecule has 0 aliphatic rings. The fourth-order valence-electron chi connectivity index (χ4n) is 0.902. The molecule has 0 aromatic heterocycles. The fraction of sp³-hybridized carbons (Fsp3) is 0.125. The molecule has 0 heterocycles. The standard InChI is InChI=1S/C8H4Br2F2O/c9-7(13)5-3-1-2-4-6(5)8(10,11)12/h1-4H. The first kappa shape index (κ1) is 10.8. The first-order valence-corrected chi connectivity index (χ1v) is 4.87. The Bertz CT molecular complexity index is 333. The van der Waals surface area contributed by atoms with Crippen LogP contribution < -0.4 is 0 Å². The summed E-state index contributed by atoms with van der Waals surface area (Å²) in [6.07, 6.45) is 0. The van der Waals surface area contributed by atoms with E-state index in [1.54, 1.807) is 0 Å². The van der Waals surface area contributed by atoms with Gasteiger partial charge in [-0.2, -0.15) is 8.78 Å². The number of carbonyl (C=O) groups excluding carboxylic acids is 1. The summed E-state index contributed by atoms with van der Waals surface area (Å²) in [5.74, 6) is 0. The third-order valence-corrected chi connectivity index (χ3v) is 2.30. The van der Waals surface area contributed by atoms with Gasteiger partial charge in [-0.05, 0) is 37.9 Å². The molecule has 0 bridgehead atoms. The topological polar surface area (TPSA) is 17.1 Å². The molecule has 0 unspecified atom stereocenters. The summed E-state index contributed by atoms with van der Waals surface area (Å²) in [6, 6.07) is 5.51. The molecule has 0 amide bonds. The number of carbonyl (C=O) groups is 1. The fourth-order valence-corrected chi connectivity index (χ4v) is 1.59. The van der Waals surface area contributed by atoms with E-state index < -0.39 is 9.52 Å². The van der Waals surface area contributed by atoms with Gasteiger partial charge < -0.3 is 0 Å². The Morgan fingerprint density at radius 2 is 1.85 bits per heavy atom. The van der Waals surface area contributed by atoms with Crippen molar-refractivity contribution < 1.29 is 13.6 Å². The van der Waals surface area contributed by atoms with Crippen molar-refractivity contribution in [1.82, 2.24) is 0 Å². The van der Waals surface area contributed by atoms with Gasteiger partial charge in [0.25, 0.3) is 0 Å². The molecule has 0 spiro atoms. The minimum Gasteiger partial charge on any atom is -0.281 e. The van der Waals surface area contributed by atoms with E-state index >= 15 is 0 Å². The lowest BCUT2D eigenvalue weighted by Gasteiger charge is -2.11. The third kappa shape index (κ3) is 2.57. The summed E-state index contributed by atoms with van der Waals surface area (Å²) in [5, 5.41) is 0. The summed E-state index contributed by atoms with van der Waals surface area (Å²) in [6.45, 7) is 0. The van der Waals surface area contributed by atoms with Gasteiger partial charge in [0.1, 0.15) is 0 Å². The average molecular weight is 314 g/mol. The van der Waals surface area contributed by atoms with Gasteiger partial charge in [0.15, 0.2) is 0 Å². The number of rotatable bonds is 2. The molecule has 0 atom stereocenters. The van der Waals surface area contributed by atoms with E-state index in [0.29, 0.717) is 0 Å². The molecule has 1 nitrogen and oxygen atoms in total. The smallest absolute Gasteiger partial charge is 0.281 e. The van der Waals surface area contributed by atoms with Crippen molar-refractivity contribution in [2.45, 2.75) is 4.83 Å². The maximum Gasteiger partial charge on any atom is 0.327 e. The van der Waals surface area contributed by atoms with Crippen LogP contribution in [0.5, 0.6) is 0 Å². The summed E-state index contributed by atoms with van der Waals surface area (Å²) in [4.78, 5) is 7.70. The van der Waals surface area contributed by atoms with Gasteiger partial charge in [0.05, 0.1) is 0 Å². The molecule has 0 radical (unpaired) electrons. The molecule has 0 aliphatic carbocycles. The largest absolute Gasteiger partial charge is 0.327 e. The van der Waals surface area contributed by atoms with Gasteiger partial charge >= 0.3 is 4.83 Å². The molecule has 0 aliphatic heterocycles. The maximum absolute atomic E-state index is 12.8. The molecule has 1 aromatic rings. The molecule has 1 rings (SSSR count). The van der Waals surface area contributed by atoms with E-state index in [1.165, 1.54) is 24.3 Å². The number of benzene rings is 1. The second-order valence-electron chi connectivity index (χ2n) is 2.32. The van der Waals surface area contributed by atoms with E-state index in [-0.39, 0.29) is 11.1 Å². The van der Waals surface area contributed by atoms with Crippen LogP contribution in [0.3, 0.4) is 0 Å². The monoisotopic (exact) mass is 312 g/mol. The summed E-state index contributed by atoms with van der Waals surface area (Å²) < 4.78 is 25.1. The van der Waals surface area contributed by atoms with Crippen LogP contribution in [0.2, 0.25) is 0 Å². The van der Waals surface area contributed by atoms with Crippen molar-refractivity contribution in [2.75, 3.05) is 0 Å². The van der Waals surface area contributed by atoms with Crippen LogP contribution in [0.15, 0.2) is 24.3 Å². The van der Waals surface area contributed by atoms with Crippen molar-refractivity contribution in [1.29, 1.82) is 0 Å². The van der Waals surface area contributed by atoms with Crippen molar-refractivity contribution in [2.24, 2.45) is 0 Å². The van der Waals surface area contributed by atoms with Gasteiger partial charge in [-0.3, -0.25) is 4.79 Å². The van der Waals surface area contributed by atoms with Gasteiger partial charge in [-0.15, -0.1) is 0 Å². The van der Waals surface area contributed by atoms with E-state index in [2.05, 4.69) is 31.9 Å². The van der Waals surface area contributed by atoms with Crippen LogP contribution in [0.1, 0.15) is 15.9 Å². The lowest BCUT2D eigenvalue weighted by atomic mass is 10.1. The zero-order chi connectivity index (χ0) is 10.1. The minimum atomic E-state index is -3.17. The number of hydrogen-bond donors (Lipinski definition) is 0. The minimum absolute atomic E-state index is 0.0376. The Hall–Kier alpha value is -0.290. The number of hydrogen-bond acceptors (Lipinski definition) is 1. The molecule has 0 saturated heterocycles. The predicted octanol–water partition coefficient (Wildman–Crippen LogP) is 3.67. The van der Waals surface area contributed by atoms with Crippen molar-refractivity contribution in [3.8, 4) is 0 Å². The van der Waals surface area contributed by atoms with Crippen molar-refractivity contribution >= 4 is 36.6 Å². The Balaban J connectivity index is 3.28. The molecule has 70 valence electrons. The first-order valence-electron chi connectivity index (χ1n) is 3.29. The molecule has 5 heteroatoms. The van der Waals surface area contributed by atoms with Crippen LogP contribution in [0.25, 0.3) is 0 Å². The molecule has 0 fully saturated rings. The maximum atomic E-state index is 12.8. The van der Waals surface area contributed by atoms with Crippen LogP contribution in [0, 0.1) is 0 Å². The van der Waals surface area contributed by atoms with E-state index in [0.717, 1.165) is 0 Å². The predicted molar refractivity (Wildman–Crippen MR) is 52.5 cm³/mol. The average Bonchev–Trinajstić information content (AvgIpc) is 2.03. The van der Waals surface area contributed by atoms with E-state index in [1.807, 2.05) is 0 Å². The quantitative estimate of drug-likeness (QED) is 0.601. The first-order chi connectivity index (χ1) is 5.93. The highest BCUT2D eigenvalue weighted by molar-refractivity contribution is 9.18.